The van der Waals surface area contributed by atoms with Crippen LogP contribution < -0.4 is 11.2 Å². The van der Waals surface area contributed by atoms with Crippen molar-refractivity contribution in [3.63, 3.8) is 0 Å². The van der Waals surface area contributed by atoms with E-state index >= 15 is 0 Å². The van der Waals surface area contributed by atoms with E-state index in [2.05, 4.69) is 17.4 Å². The van der Waals surface area contributed by atoms with Crippen LogP contribution in [0.15, 0.2) is 0 Å². The van der Waals surface area contributed by atoms with Gasteiger partial charge in [-0.3, -0.25) is 10.2 Å². The Hall–Kier alpha value is -0.650. The van der Waals surface area contributed by atoms with Crippen LogP contribution in [0, 0.1) is 5.92 Å². The van der Waals surface area contributed by atoms with Gasteiger partial charge in [0, 0.05) is 26.2 Å². The summed E-state index contributed by atoms with van der Waals surface area (Å²) in [4.78, 5) is 14.0. The lowest BCUT2D eigenvalue weighted by Crippen LogP contribution is -2.56. The van der Waals surface area contributed by atoms with Crippen molar-refractivity contribution in [3.8, 4) is 0 Å². The van der Waals surface area contributed by atoms with Crippen LogP contribution in [0.3, 0.4) is 0 Å². The van der Waals surface area contributed by atoms with E-state index in [-0.39, 0.29) is 11.8 Å². The molecule has 1 saturated heterocycles. The van der Waals surface area contributed by atoms with Gasteiger partial charge in [0.05, 0.1) is 6.04 Å². The molecule has 0 aromatic rings. The zero-order valence-corrected chi connectivity index (χ0v) is 10.6. The number of nitrogens with zero attached hydrogens (tertiary/aromatic N) is 2. The van der Waals surface area contributed by atoms with Gasteiger partial charge < -0.3 is 10.6 Å². The minimum atomic E-state index is -0.398. The summed E-state index contributed by atoms with van der Waals surface area (Å²) < 4.78 is 0. The maximum Gasteiger partial charge on any atom is 0.251 e. The van der Waals surface area contributed by atoms with Crippen molar-refractivity contribution >= 4 is 5.91 Å². The summed E-state index contributed by atoms with van der Waals surface area (Å²) in [6.07, 6.45) is 0.928. The zero-order chi connectivity index (χ0) is 12.1. The lowest BCUT2D eigenvalue weighted by atomic mass is 10.00. The maximum absolute atomic E-state index is 11.8. The van der Waals surface area contributed by atoms with Crippen molar-refractivity contribution in [1.82, 2.24) is 15.3 Å². The predicted octanol–water partition coefficient (Wildman–Crippen LogP) is -0.362. The number of amides is 1. The van der Waals surface area contributed by atoms with Crippen LogP contribution in [0.5, 0.6) is 0 Å². The molecule has 16 heavy (non-hydrogen) atoms. The molecule has 1 aliphatic heterocycles. The Morgan fingerprint density at radius 1 is 1.38 bits per heavy atom. The summed E-state index contributed by atoms with van der Waals surface area (Å²) in [6.45, 7) is 7.77. The molecule has 1 aliphatic rings. The minimum absolute atomic E-state index is 0.0566. The van der Waals surface area contributed by atoms with E-state index in [4.69, 9.17) is 5.73 Å². The number of carbonyl (C=O) groups excluding carboxylic acids is 1. The molecule has 1 heterocycles. The van der Waals surface area contributed by atoms with Crippen LogP contribution in [-0.4, -0.2) is 55.1 Å². The first kappa shape index (κ1) is 13.4. The van der Waals surface area contributed by atoms with Gasteiger partial charge >= 0.3 is 0 Å². The fraction of sp³-hybridized carbons (Fsp3) is 0.909. The summed E-state index contributed by atoms with van der Waals surface area (Å²) in [5.74, 6) is 0.173. The van der Waals surface area contributed by atoms with Gasteiger partial charge in [0.25, 0.3) is 5.91 Å². The van der Waals surface area contributed by atoms with E-state index in [0.717, 1.165) is 32.6 Å². The standard InChI is InChI=1S/C11H24N4O/c1-4-9(2)10(12)11(16)13-15-7-5-14(3)6-8-15/h9-10H,4-8,12H2,1-3H3,(H,13,16)/t9?,10-/m0/s1. The molecule has 1 fully saturated rings. The van der Waals surface area contributed by atoms with Crippen LogP contribution in [-0.2, 0) is 4.79 Å². The molecule has 1 amide bonds. The first-order chi connectivity index (χ1) is 7.54. The molecule has 0 saturated carbocycles. The Morgan fingerprint density at radius 3 is 2.44 bits per heavy atom. The molecule has 5 heteroatoms. The van der Waals surface area contributed by atoms with Gasteiger partial charge in [-0.1, -0.05) is 20.3 Å². The van der Waals surface area contributed by atoms with Gasteiger partial charge in [-0.2, -0.15) is 0 Å². The fourth-order valence-electron chi connectivity index (χ4n) is 1.66. The summed E-state index contributed by atoms with van der Waals surface area (Å²) in [5.41, 5.74) is 8.76. The number of piperazine rings is 1. The quantitative estimate of drug-likeness (QED) is 0.690. The van der Waals surface area contributed by atoms with E-state index in [1.807, 2.05) is 18.9 Å². The SMILES string of the molecule is CCC(C)[C@H](N)C(=O)NN1CCN(C)CC1. The molecular weight excluding hydrogens is 204 g/mol. The van der Waals surface area contributed by atoms with Gasteiger partial charge in [0.1, 0.15) is 0 Å². The molecule has 0 aromatic heterocycles. The Morgan fingerprint density at radius 2 is 1.94 bits per heavy atom. The van der Waals surface area contributed by atoms with Crippen LogP contribution >= 0.6 is 0 Å². The third kappa shape index (κ3) is 3.73. The summed E-state index contributed by atoms with van der Waals surface area (Å²) in [5, 5.41) is 1.96. The van der Waals surface area contributed by atoms with Crippen molar-refractivity contribution < 1.29 is 4.79 Å². The van der Waals surface area contributed by atoms with E-state index in [1.165, 1.54) is 0 Å². The number of hydrogen-bond donors (Lipinski definition) is 2. The number of likely N-dealkylation sites (N-methyl/N-ethyl adjacent to an activating group) is 1. The minimum Gasteiger partial charge on any atom is -0.320 e. The number of hydrazine groups is 1. The number of nitrogens with one attached hydrogen (secondary N) is 1. The normalized spacial score (nSPS) is 22.8. The first-order valence-electron chi connectivity index (χ1n) is 6.04. The highest BCUT2D eigenvalue weighted by molar-refractivity contribution is 5.81. The van der Waals surface area contributed by atoms with Gasteiger partial charge in [0.15, 0.2) is 0 Å². The topological polar surface area (TPSA) is 61.6 Å². The highest BCUT2D eigenvalue weighted by Crippen LogP contribution is 2.05. The lowest BCUT2D eigenvalue weighted by Gasteiger charge is -2.33. The molecule has 0 bridgehead atoms. The molecule has 0 aliphatic carbocycles. The first-order valence-corrected chi connectivity index (χ1v) is 6.04. The van der Waals surface area contributed by atoms with Crippen LogP contribution in [0.25, 0.3) is 0 Å². The average molecular weight is 228 g/mol. The Kier molecular flexibility index (Phi) is 5.18. The van der Waals surface area contributed by atoms with Gasteiger partial charge in [-0.05, 0) is 13.0 Å². The molecule has 1 rings (SSSR count). The lowest BCUT2D eigenvalue weighted by molar-refractivity contribution is -0.129. The monoisotopic (exact) mass is 228 g/mol. The predicted molar refractivity (Wildman–Crippen MR) is 64.6 cm³/mol. The maximum atomic E-state index is 11.8. The highest BCUT2D eigenvalue weighted by Gasteiger charge is 2.22. The van der Waals surface area contributed by atoms with Gasteiger partial charge in [-0.25, -0.2) is 5.01 Å². The second-order valence-corrected chi connectivity index (χ2v) is 4.68. The van der Waals surface area contributed by atoms with Gasteiger partial charge in [0.2, 0.25) is 0 Å². The molecule has 5 nitrogen and oxygen atoms in total. The van der Waals surface area contributed by atoms with Crippen molar-refractivity contribution in [2.24, 2.45) is 11.7 Å². The van der Waals surface area contributed by atoms with Crippen molar-refractivity contribution in [2.45, 2.75) is 26.3 Å². The van der Waals surface area contributed by atoms with Crippen molar-refractivity contribution in [3.05, 3.63) is 0 Å². The van der Waals surface area contributed by atoms with Crippen molar-refractivity contribution in [1.29, 1.82) is 0 Å². The second-order valence-electron chi connectivity index (χ2n) is 4.68. The largest absolute Gasteiger partial charge is 0.320 e. The van der Waals surface area contributed by atoms with Crippen molar-refractivity contribution in [2.75, 3.05) is 33.2 Å². The molecule has 3 N–H and O–H groups in total. The summed E-state index contributed by atoms with van der Waals surface area (Å²) in [7, 11) is 2.09. The number of carbonyl (C=O) groups is 1. The third-order valence-electron chi connectivity index (χ3n) is 3.33. The number of hydrogen-bond acceptors (Lipinski definition) is 4. The third-order valence-corrected chi connectivity index (χ3v) is 3.33. The fourth-order valence-corrected chi connectivity index (χ4v) is 1.66. The summed E-state index contributed by atoms with van der Waals surface area (Å²) in [6, 6.07) is -0.398. The van der Waals surface area contributed by atoms with Gasteiger partial charge in [-0.15, -0.1) is 0 Å². The number of nitrogens with two attached hydrogens (primary N) is 1. The van der Waals surface area contributed by atoms with E-state index in [0.29, 0.717) is 0 Å². The molecule has 0 spiro atoms. The van der Waals surface area contributed by atoms with Crippen LogP contribution in [0.2, 0.25) is 0 Å². The van der Waals surface area contributed by atoms with E-state index < -0.39 is 6.04 Å². The Labute approximate surface area is 97.9 Å². The second kappa shape index (κ2) is 6.18. The molecule has 2 atom stereocenters. The molecule has 1 unspecified atom stereocenters. The van der Waals surface area contributed by atoms with Crippen LogP contribution in [0.1, 0.15) is 20.3 Å². The summed E-state index contributed by atoms with van der Waals surface area (Å²) >= 11 is 0. The van der Waals surface area contributed by atoms with E-state index in [9.17, 15) is 4.79 Å². The Balaban J connectivity index is 2.33. The number of rotatable bonds is 4. The molecule has 94 valence electrons. The molecule has 0 radical (unpaired) electrons. The average Bonchev–Trinajstić information content (AvgIpc) is 2.30. The zero-order valence-electron chi connectivity index (χ0n) is 10.6. The smallest absolute Gasteiger partial charge is 0.251 e. The highest BCUT2D eigenvalue weighted by atomic mass is 16.2. The van der Waals surface area contributed by atoms with Crippen LogP contribution in [0.4, 0.5) is 0 Å². The molecular formula is C11H24N4O. The molecule has 0 aromatic carbocycles. The Bertz CT molecular complexity index is 226. The van der Waals surface area contributed by atoms with E-state index in [1.54, 1.807) is 0 Å².